The van der Waals surface area contributed by atoms with E-state index in [0.29, 0.717) is 38.7 Å². The molecule has 0 spiro atoms. The van der Waals surface area contributed by atoms with Gasteiger partial charge in [0.2, 0.25) is 11.8 Å². The fourth-order valence-electron chi connectivity index (χ4n) is 7.55. The van der Waals surface area contributed by atoms with Crippen LogP contribution in [-0.2, 0) is 9.59 Å². The summed E-state index contributed by atoms with van der Waals surface area (Å²) in [5.74, 6) is -2.54. The number of nitrogens with zero attached hydrogens (tertiary/aromatic N) is 2. The van der Waals surface area contributed by atoms with E-state index in [-0.39, 0.29) is 30.5 Å². The SMILES string of the molecule is CCCC[C@H](N)C(=O)N1CC(c2cc(Cl)cc(C(C)[C@H](C)[C@H](N)C(=O)N3CC(c4cc(Cl)ccc4F)=CC3c3ccccc3)c2F)=CC1c1ccccc1. The summed E-state index contributed by atoms with van der Waals surface area (Å²) in [7, 11) is 0. The Bertz CT molecular complexity index is 2060. The van der Waals surface area contributed by atoms with E-state index in [0.717, 1.165) is 24.0 Å². The van der Waals surface area contributed by atoms with Crippen molar-refractivity contribution >= 4 is 46.2 Å². The van der Waals surface area contributed by atoms with E-state index in [2.05, 4.69) is 6.92 Å². The highest BCUT2D eigenvalue weighted by Crippen LogP contribution is 2.41. The van der Waals surface area contributed by atoms with Crippen LogP contribution in [0.5, 0.6) is 0 Å². The van der Waals surface area contributed by atoms with Gasteiger partial charge in [0.15, 0.2) is 0 Å². The lowest BCUT2D eigenvalue weighted by molar-refractivity contribution is -0.134. The first-order valence-corrected chi connectivity index (χ1v) is 19.2. The van der Waals surface area contributed by atoms with Crippen LogP contribution in [0, 0.1) is 17.6 Å². The molecular formula is C44H46Cl2F2N4O2. The number of hydrogen-bond donors (Lipinski definition) is 2. The van der Waals surface area contributed by atoms with Gasteiger partial charge in [0.25, 0.3) is 0 Å². The number of carbonyl (C=O) groups is 2. The zero-order valence-electron chi connectivity index (χ0n) is 30.7. The quantitative estimate of drug-likeness (QED) is 0.150. The molecule has 0 fully saturated rings. The zero-order chi connectivity index (χ0) is 38.7. The monoisotopic (exact) mass is 770 g/mol. The zero-order valence-corrected chi connectivity index (χ0v) is 32.2. The summed E-state index contributed by atoms with van der Waals surface area (Å²) in [4.78, 5) is 31.4. The van der Waals surface area contributed by atoms with Crippen molar-refractivity contribution in [1.29, 1.82) is 0 Å². The van der Waals surface area contributed by atoms with Crippen molar-refractivity contribution in [3.8, 4) is 0 Å². The number of hydrogen-bond acceptors (Lipinski definition) is 4. The summed E-state index contributed by atoms with van der Waals surface area (Å²) in [5, 5.41) is 0.706. The maximum absolute atomic E-state index is 16.8. The molecule has 10 heteroatoms. The fraction of sp³-hybridized carbons (Fsp3) is 0.318. The molecule has 0 bridgehead atoms. The Morgan fingerprint density at radius 2 is 1.30 bits per heavy atom. The summed E-state index contributed by atoms with van der Waals surface area (Å²) in [6.07, 6.45) is 6.08. The van der Waals surface area contributed by atoms with Gasteiger partial charge in [-0.3, -0.25) is 9.59 Å². The van der Waals surface area contributed by atoms with Gasteiger partial charge in [-0.05, 0) is 76.4 Å². The molecule has 4 aromatic rings. The van der Waals surface area contributed by atoms with E-state index < -0.39 is 47.6 Å². The second-order valence-electron chi connectivity index (χ2n) is 14.4. The predicted octanol–water partition coefficient (Wildman–Crippen LogP) is 9.49. The highest BCUT2D eigenvalue weighted by Gasteiger charge is 2.39. The molecule has 0 aromatic heterocycles. The van der Waals surface area contributed by atoms with E-state index in [1.54, 1.807) is 28.0 Å². The van der Waals surface area contributed by atoms with Crippen molar-refractivity contribution in [1.82, 2.24) is 9.80 Å². The molecule has 2 heterocycles. The smallest absolute Gasteiger partial charge is 0.240 e. The van der Waals surface area contributed by atoms with E-state index in [9.17, 15) is 9.59 Å². The molecular weight excluding hydrogens is 725 g/mol. The van der Waals surface area contributed by atoms with Crippen LogP contribution in [0.2, 0.25) is 10.0 Å². The third-order valence-electron chi connectivity index (χ3n) is 10.9. The molecule has 2 aliphatic rings. The summed E-state index contributed by atoms with van der Waals surface area (Å²) < 4.78 is 31.9. The lowest BCUT2D eigenvalue weighted by Crippen LogP contribution is -2.48. The van der Waals surface area contributed by atoms with Gasteiger partial charge in [0, 0.05) is 34.3 Å². The number of rotatable bonds is 12. The topological polar surface area (TPSA) is 92.7 Å². The Morgan fingerprint density at radius 1 is 0.759 bits per heavy atom. The van der Waals surface area contributed by atoms with Gasteiger partial charge in [0.05, 0.1) is 24.2 Å². The first kappa shape index (κ1) is 39.4. The third-order valence-corrected chi connectivity index (χ3v) is 11.4. The highest BCUT2D eigenvalue weighted by molar-refractivity contribution is 6.31. The molecule has 0 saturated heterocycles. The fourth-order valence-corrected chi connectivity index (χ4v) is 7.95. The average molecular weight is 772 g/mol. The first-order chi connectivity index (χ1) is 25.9. The summed E-state index contributed by atoms with van der Waals surface area (Å²) in [5.41, 5.74) is 17.0. The Hall–Kier alpha value is -4.34. The van der Waals surface area contributed by atoms with E-state index >= 15 is 8.78 Å². The number of unbranched alkanes of at least 4 members (excludes halogenated alkanes) is 1. The van der Waals surface area contributed by atoms with E-state index in [4.69, 9.17) is 34.7 Å². The average Bonchev–Trinajstić information content (AvgIpc) is 3.84. The maximum Gasteiger partial charge on any atom is 0.240 e. The van der Waals surface area contributed by atoms with Crippen LogP contribution in [0.25, 0.3) is 11.1 Å². The molecule has 2 aliphatic heterocycles. The number of nitrogens with two attached hydrogens (primary N) is 2. The first-order valence-electron chi connectivity index (χ1n) is 18.5. The normalized spacial score (nSPS) is 19.3. The molecule has 3 unspecified atom stereocenters. The molecule has 4 N–H and O–H groups in total. The lowest BCUT2D eigenvalue weighted by Gasteiger charge is -2.32. The second-order valence-corrected chi connectivity index (χ2v) is 15.3. The Morgan fingerprint density at radius 3 is 1.87 bits per heavy atom. The van der Waals surface area contributed by atoms with Crippen molar-refractivity contribution in [2.75, 3.05) is 13.1 Å². The highest BCUT2D eigenvalue weighted by atomic mass is 35.5. The molecule has 0 aliphatic carbocycles. The summed E-state index contributed by atoms with van der Waals surface area (Å²) in [6, 6.07) is 24.0. The standard InChI is InChI=1S/C44H46Cl2F2N4O2/c1-4-5-16-38(49)43(53)51-25-31(20-39(51)28-12-8-6-9-13-28)36-23-33(46)22-34(41(36)48)26(2)27(3)42(50)44(54)52-24-30(35-21-32(45)17-18-37(35)47)19-40(52)29-14-10-7-11-15-29/h6-15,17-23,26-27,38-40,42H,4-5,16,24-25,49-50H2,1-3H3/t26?,27-,38-,39?,40?,42-/m0/s1. The number of amides is 2. The Balaban J connectivity index is 1.27. The van der Waals surface area contributed by atoms with Crippen molar-refractivity contribution in [2.45, 2.75) is 70.1 Å². The van der Waals surface area contributed by atoms with Crippen LogP contribution in [0.3, 0.4) is 0 Å². The number of benzene rings is 4. The van der Waals surface area contributed by atoms with Crippen molar-refractivity contribution < 1.29 is 18.4 Å². The molecule has 4 aromatic carbocycles. The van der Waals surface area contributed by atoms with Gasteiger partial charge < -0.3 is 21.3 Å². The molecule has 6 rings (SSSR count). The van der Waals surface area contributed by atoms with Crippen LogP contribution < -0.4 is 11.5 Å². The number of halogens is 4. The molecule has 0 saturated carbocycles. The minimum atomic E-state index is -1.03. The third kappa shape index (κ3) is 8.18. The van der Waals surface area contributed by atoms with Crippen LogP contribution >= 0.6 is 23.2 Å². The van der Waals surface area contributed by atoms with Crippen LogP contribution in [0.4, 0.5) is 8.78 Å². The lowest BCUT2D eigenvalue weighted by atomic mass is 9.82. The van der Waals surface area contributed by atoms with Gasteiger partial charge >= 0.3 is 0 Å². The minimum absolute atomic E-state index is 0.119. The molecule has 54 heavy (non-hydrogen) atoms. The van der Waals surface area contributed by atoms with Crippen molar-refractivity contribution in [3.63, 3.8) is 0 Å². The summed E-state index contributed by atoms with van der Waals surface area (Å²) in [6.45, 7) is 5.99. The van der Waals surface area contributed by atoms with Gasteiger partial charge in [-0.1, -0.05) is 130 Å². The molecule has 6 nitrogen and oxygen atoms in total. The predicted molar refractivity (Wildman–Crippen MR) is 214 cm³/mol. The molecule has 282 valence electrons. The van der Waals surface area contributed by atoms with Crippen molar-refractivity contribution in [2.24, 2.45) is 17.4 Å². The van der Waals surface area contributed by atoms with Gasteiger partial charge in [-0.25, -0.2) is 8.78 Å². The largest absolute Gasteiger partial charge is 0.326 e. The number of carbonyl (C=O) groups excluding carboxylic acids is 2. The molecule has 6 atom stereocenters. The van der Waals surface area contributed by atoms with Gasteiger partial charge in [-0.15, -0.1) is 0 Å². The maximum atomic E-state index is 16.8. The van der Waals surface area contributed by atoms with Crippen molar-refractivity contribution in [3.05, 3.63) is 153 Å². The molecule has 0 radical (unpaired) electrons. The van der Waals surface area contributed by atoms with Crippen LogP contribution in [0.1, 0.15) is 85.9 Å². The minimum Gasteiger partial charge on any atom is -0.326 e. The van der Waals surface area contributed by atoms with E-state index in [1.165, 1.54) is 12.1 Å². The van der Waals surface area contributed by atoms with E-state index in [1.807, 2.05) is 86.7 Å². The van der Waals surface area contributed by atoms with Crippen LogP contribution in [-0.4, -0.2) is 46.8 Å². The summed E-state index contributed by atoms with van der Waals surface area (Å²) >= 11 is 12.9. The molecule has 2 amide bonds. The van der Waals surface area contributed by atoms with Crippen LogP contribution in [0.15, 0.2) is 103 Å². The Kier molecular flexibility index (Phi) is 12.4. The van der Waals surface area contributed by atoms with Gasteiger partial charge in [-0.2, -0.15) is 0 Å². The Labute approximate surface area is 326 Å². The second kappa shape index (κ2) is 17.0. The van der Waals surface area contributed by atoms with Gasteiger partial charge in [0.1, 0.15) is 11.6 Å².